The predicted octanol–water partition coefficient (Wildman–Crippen LogP) is 5.01. The van der Waals surface area contributed by atoms with Crippen molar-refractivity contribution < 1.29 is 14.2 Å². The summed E-state index contributed by atoms with van der Waals surface area (Å²) in [5, 5.41) is 1.01. The molecule has 0 spiro atoms. The van der Waals surface area contributed by atoms with Crippen molar-refractivity contribution in [1.29, 1.82) is 0 Å². The van der Waals surface area contributed by atoms with E-state index in [1.165, 1.54) is 0 Å². The molecule has 2 aliphatic rings. The van der Waals surface area contributed by atoms with E-state index in [0.29, 0.717) is 5.88 Å². The molecule has 1 fully saturated rings. The number of pyridine rings is 1. The van der Waals surface area contributed by atoms with Gasteiger partial charge in [0.2, 0.25) is 12.7 Å². The van der Waals surface area contributed by atoms with Gasteiger partial charge in [0, 0.05) is 53.3 Å². The Hall–Kier alpha value is -4.60. The molecule has 10 heteroatoms. The van der Waals surface area contributed by atoms with Crippen LogP contribution in [0.3, 0.4) is 0 Å². The summed E-state index contributed by atoms with van der Waals surface area (Å²) in [5.41, 5.74) is 5.70. The van der Waals surface area contributed by atoms with Crippen molar-refractivity contribution in [3.05, 3.63) is 60.4 Å². The molecule has 0 bridgehead atoms. The second-order valence-electron chi connectivity index (χ2n) is 10.4. The van der Waals surface area contributed by atoms with Crippen LogP contribution in [0.4, 0.5) is 5.82 Å². The molecular weight excluding hydrogens is 494 g/mol. The van der Waals surface area contributed by atoms with Crippen LogP contribution in [-0.2, 0) is 5.41 Å². The molecule has 39 heavy (non-hydrogen) atoms. The molecule has 0 atom stereocenters. The average molecular weight is 524 g/mol. The van der Waals surface area contributed by atoms with Gasteiger partial charge in [-0.2, -0.15) is 0 Å². The fourth-order valence-electron chi connectivity index (χ4n) is 5.51. The lowest BCUT2D eigenvalue weighted by atomic mass is 9.79. The molecule has 2 aliphatic heterocycles. The fourth-order valence-corrected chi connectivity index (χ4v) is 5.51. The summed E-state index contributed by atoms with van der Waals surface area (Å²) in [6.45, 7) is 6.37. The van der Waals surface area contributed by atoms with Crippen LogP contribution in [0.25, 0.3) is 33.5 Å². The van der Waals surface area contributed by atoms with Gasteiger partial charge in [0.1, 0.15) is 23.6 Å². The van der Waals surface area contributed by atoms with Crippen molar-refractivity contribution in [2.75, 3.05) is 31.9 Å². The molecule has 1 aromatic carbocycles. The average Bonchev–Trinajstić information content (AvgIpc) is 3.71. The highest BCUT2D eigenvalue weighted by Crippen LogP contribution is 2.40. The predicted molar refractivity (Wildman–Crippen MR) is 147 cm³/mol. The molecule has 198 valence electrons. The number of anilines is 1. The number of H-pyrrole nitrogens is 2. The van der Waals surface area contributed by atoms with Crippen LogP contribution in [0.15, 0.2) is 48.9 Å². The van der Waals surface area contributed by atoms with Crippen LogP contribution in [-0.4, -0.2) is 56.9 Å². The lowest BCUT2D eigenvalue weighted by molar-refractivity contribution is 0.174. The molecule has 7 rings (SSSR count). The number of benzene rings is 1. The maximum atomic E-state index is 5.58. The highest BCUT2D eigenvalue weighted by atomic mass is 16.7. The van der Waals surface area contributed by atoms with Crippen LogP contribution in [0.2, 0.25) is 0 Å². The molecule has 2 N–H and O–H groups in total. The van der Waals surface area contributed by atoms with E-state index in [4.69, 9.17) is 19.2 Å². The molecule has 0 unspecified atom stereocenters. The topological polar surface area (TPSA) is 114 Å². The Labute approximate surface area is 225 Å². The van der Waals surface area contributed by atoms with Gasteiger partial charge in [0.05, 0.1) is 18.2 Å². The smallest absolute Gasteiger partial charge is 0.231 e. The minimum absolute atomic E-state index is 0.0694. The first-order chi connectivity index (χ1) is 19.0. The molecule has 6 heterocycles. The van der Waals surface area contributed by atoms with E-state index in [-0.39, 0.29) is 12.2 Å². The van der Waals surface area contributed by atoms with Crippen molar-refractivity contribution in [2.45, 2.75) is 32.1 Å². The fraction of sp³-hybridized carbons (Fsp3) is 0.310. The zero-order chi connectivity index (χ0) is 26.6. The SMILES string of the molecule is COc1ccc(-c2cc3c(N4CCC(C)(c5nc(-c6ccc7c(c6)OCO7)c(C)[nH]5)CC4)ncnc3[nH]2)cn1. The number of nitrogens with one attached hydrogen (secondary N) is 2. The number of nitrogens with zero attached hydrogens (tertiary/aromatic N) is 5. The van der Waals surface area contributed by atoms with E-state index in [9.17, 15) is 0 Å². The number of aromatic amines is 2. The third-order valence-electron chi connectivity index (χ3n) is 7.93. The van der Waals surface area contributed by atoms with Gasteiger partial charge >= 0.3 is 0 Å². The van der Waals surface area contributed by atoms with Gasteiger partial charge in [-0.1, -0.05) is 6.92 Å². The van der Waals surface area contributed by atoms with Crippen molar-refractivity contribution >= 4 is 16.9 Å². The highest BCUT2D eigenvalue weighted by Gasteiger charge is 2.36. The first-order valence-electron chi connectivity index (χ1n) is 13.1. The summed E-state index contributed by atoms with van der Waals surface area (Å²) >= 11 is 0. The Kier molecular flexibility index (Phi) is 5.43. The van der Waals surface area contributed by atoms with Gasteiger partial charge in [-0.05, 0) is 50.1 Å². The molecule has 0 amide bonds. The Morgan fingerprint density at radius 2 is 1.77 bits per heavy atom. The summed E-state index contributed by atoms with van der Waals surface area (Å²) < 4.78 is 16.2. The quantitative estimate of drug-likeness (QED) is 0.330. The Bertz CT molecular complexity index is 1670. The lowest BCUT2D eigenvalue weighted by Gasteiger charge is -2.38. The van der Waals surface area contributed by atoms with Gasteiger partial charge in [-0.25, -0.2) is 19.9 Å². The number of aryl methyl sites for hydroxylation is 1. The Morgan fingerprint density at radius 3 is 2.56 bits per heavy atom. The number of aromatic nitrogens is 6. The number of imidazole rings is 1. The second kappa shape index (κ2) is 9.00. The van der Waals surface area contributed by atoms with Crippen LogP contribution in [0, 0.1) is 6.92 Å². The second-order valence-corrected chi connectivity index (χ2v) is 10.4. The molecule has 5 aromatic rings. The maximum absolute atomic E-state index is 5.58. The normalized spacial score (nSPS) is 16.1. The van der Waals surface area contributed by atoms with Crippen molar-refractivity contribution in [2.24, 2.45) is 0 Å². The third-order valence-corrected chi connectivity index (χ3v) is 7.93. The number of hydrogen-bond donors (Lipinski definition) is 2. The molecule has 0 saturated carbocycles. The van der Waals surface area contributed by atoms with Crippen LogP contribution >= 0.6 is 0 Å². The van der Waals surface area contributed by atoms with E-state index < -0.39 is 0 Å². The number of fused-ring (bicyclic) bond motifs is 2. The van der Waals surface area contributed by atoms with Crippen molar-refractivity contribution in [3.63, 3.8) is 0 Å². The minimum atomic E-state index is -0.0694. The van der Waals surface area contributed by atoms with Gasteiger partial charge < -0.3 is 29.1 Å². The van der Waals surface area contributed by atoms with Crippen LogP contribution in [0.5, 0.6) is 17.4 Å². The van der Waals surface area contributed by atoms with Crippen molar-refractivity contribution in [3.8, 4) is 39.9 Å². The van der Waals surface area contributed by atoms with Crippen molar-refractivity contribution in [1.82, 2.24) is 29.9 Å². The van der Waals surface area contributed by atoms with E-state index in [0.717, 1.165) is 88.3 Å². The van der Waals surface area contributed by atoms with Gasteiger partial charge in [0.15, 0.2) is 11.5 Å². The molecular formula is C29H29N7O3. The van der Waals surface area contributed by atoms with E-state index >= 15 is 0 Å². The largest absolute Gasteiger partial charge is 0.481 e. The maximum Gasteiger partial charge on any atom is 0.231 e. The summed E-state index contributed by atoms with van der Waals surface area (Å²) in [6, 6.07) is 11.9. The number of methoxy groups -OCH3 is 1. The number of ether oxygens (including phenoxy) is 3. The monoisotopic (exact) mass is 523 g/mol. The zero-order valence-corrected chi connectivity index (χ0v) is 22.1. The third kappa shape index (κ3) is 4.03. The van der Waals surface area contributed by atoms with Crippen LogP contribution < -0.4 is 19.1 Å². The lowest BCUT2D eigenvalue weighted by Crippen LogP contribution is -2.42. The minimum Gasteiger partial charge on any atom is -0.481 e. The molecule has 0 aliphatic carbocycles. The molecule has 10 nitrogen and oxygen atoms in total. The zero-order valence-electron chi connectivity index (χ0n) is 22.1. The standard InChI is InChI=1S/C29H29N7O3/c1-17-25(18-4-6-22-23(12-18)39-16-38-22)35-28(33-17)29(2)8-10-36(11-9-29)27-20-13-21(34-26(20)31-15-32-27)19-5-7-24(37-3)30-14-19/h4-7,12-15H,8-11,16H2,1-3H3,(H,33,35)(H,31,32,34). The summed E-state index contributed by atoms with van der Waals surface area (Å²) in [6.07, 6.45) is 5.33. The Balaban J connectivity index is 1.12. The Morgan fingerprint density at radius 1 is 0.949 bits per heavy atom. The van der Waals surface area contributed by atoms with Gasteiger partial charge in [-0.15, -0.1) is 0 Å². The van der Waals surface area contributed by atoms with Gasteiger partial charge in [-0.3, -0.25) is 0 Å². The van der Waals surface area contributed by atoms with Gasteiger partial charge in [0.25, 0.3) is 0 Å². The number of rotatable bonds is 5. The molecule has 1 saturated heterocycles. The van der Waals surface area contributed by atoms with E-state index in [2.05, 4.69) is 49.7 Å². The van der Waals surface area contributed by atoms with Crippen LogP contribution in [0.1, 0.15) is 31.3 Å². The first kappa shape index (κ1) is 23.5. The van der Waals surface area contributed by atoms with E-state index in [1.807, 2.05) is 30.3 Å². The molecule has 0 radical (unpaired) electrons. The highest BCUT2D eigenvalue weighted by molar-refractivity contribution is 5.92. The van der Waals surface area contributed by atoms with E-state index in [1.54, 1.807) is 19.6 Å². The summed E-state index contributed by atoms with van der Waals surface area (Å²) in [5.74, 6) is 4.10. The summed E-state index contributed by atoms with van der Waals surface area (Å²) in [7, 11) is 1.61. The first-order valence-corrected chi connectivity index (χ1v) is 13.1. The number of piperidine rings is 1. The molecule has 4 aromatic heterocycles. The summed E-state index contributed by atoms with van der Waals surface area (Å²) in [4.78, 5) is 27.9. The number of hydrogen-bond acceptors (Lipinski definition) is 8.